The molecule has 0 radical (unpaired) electrons. The zero-order valence-corrected chi connectivity index (χ0v) is 11.2. The Morgan fingerprint density at radius 1 is 1.41 bits per heavy atom. The fourth-order valence-corrected chi connectivity index (χ4v) is 1.49. The number of ether oxygens (including phenoxy) is 1. The van der Waals surface area contributed by atoms with Crippen LogP contribution in [0.3, 0.4) is 0 Å². The molecule has 4 heteroatoms. The van der Waals surface area contributed by atoms with Gasteiger partial charge in [-0.2, -0.15) is 0 Å². The van der Waals surface area contributed by atoms with Crippen molar-refractivity contribution in [2.75, 3.05) is 32.1 Å². The van der Waals surface area contributed by atoms with E-state index in [1.165, 1.54) is 5.56 Å². The number of anilines is 1. The first-order valence-corrected chi connectivity index (χ1v) is 6.05. The van der Waals surface area contributed by atoms with Gasteiger partial charge in [0.2, 0.25) is 0 Å². The van der Waals surface area contributed by atoms with Gasteiger partial charge in [-0.1, -0.05) is 6.07 Å². The number of aromatic nitrogens is 1. The van der Waals surface area contributed by atoms with Gasteiger partial charge in [0.25, 0.3) is 0 Å². The number of hydrogen-bond acceptors (Lipinski definition) is 4. The lowest BCUT2D eigenvalue weighted by Crippen LogP contribution is -2.24. The van der Waals surface area contributed by atoms with Crippen molar-refractivity contribution in [1.29, 1.82) is 0 Å². The van der Waals surface area contributed by atoms with Crippen molar-refractivity contribution in [3.63, 3.8) is 0 Å². The Bertz CT molecular complexity index is 311. The topological polar surface area (TPSA) is 37.4 Å². The van der Waals surface area contributed by atoms with Crippen molar-refractivity contribution in [2.45, 2.75) is 26.5 Å². The van der Waals surface area contributed by atoms with Gasteiger partial charge in [0.05, 0.1) is 12.7 Å². The lowest BCUT2D eigenvalue weighted by molar-refractivity contribution is 0.0845. The molecule has 0 saturated heterocycles. The smallest absolute Gasteiger partial charge is 0.128 e. The molecule has 0 fully saturated rings. The minimum atomic E-state index is 0.286. The summed E-state index contributed by atoms with van der Waals surface area (Å²) in [7, 11) is 3.97. The van der Waals surface area contributed by atoms with Crippen molar-refractivity contribution in [3.05, 3.63) is 23.9 Å². The zero-order chi connectivity index (χ0) is 12.7. The van der Waals surface area contributed by atoms with Gasteiger partial charge in [-0.25, -0.2) is 4.98 Å². The Kier molecular flexibility index (Phi) is 5.94. The van der Waals surface area contributed by atoms with Gasteiger partial charge in [0.15, 0.2) is 0 Å². The van der Waals surface area contributed by atoms with Gasteiger partial charge in [-0.15, -0.1) is 0 Å². The zero-order valence-electron chi connectivity index (χ0n) is 11.2. The van der Waals surface area contributed by atoms with Crippen LogP contribution in [0.15, 0.2) is 18.3 Å². The molecule has 96 valence electrons. The summed E-state index contributed by atoms with van der Waals surface area (Å²) in [6.07, 6.45) is 2.19. The van der Waals surface area contributed by atoms with E-state index in [2.05, 4.69) is 21.3 Å². The van der Waals surface area contributed by atoms with Crippen LogP contribution in [-0.4, -0.2) is 38.3 Å². The van der Waals surface area contributed by atoms with Gasteiger partial charge in [0, 0.05) is 26.3 Å². The van der Waals surface area contributed by atoms with Crippen molar-refractivity contribution in [2.24, 2.45) is 0 Å². The van der Waals surface area contributed by atoms with E-state index in [0.29, 0.717) is 0 Å². The molecule has 1 heterocycles. The summed E-state index contributed by atoms with van der Waals surface area (Å²) >= 11 is 0. The fraction of sp³-hybridized carbons (Fsp3) is 0.615. The summed E-state index contributed by atoms with van der Waals surface area (Å²) in [5.41, 5.74) is 1.20. The monoisotopic (exact) mass is 237 g/mol. The molecule has 0 unspecified atom stereocenters. The van der Waals surface area contributed by atoms with E-state index in [0.717, 1.165) is 25.5 Å². The van der Waals surface area contributed by atoms with Crippen molar-refractivity contribution in [3.8, 4) is 0 Å². The number of hydrogen-bond donors (Lipinski definition) is 1. The Balaban J connectivity index is 2.43. The standard InChI is InChI=1S/C13H23N3O/c1-11(2)17-8-7-16(4)13-6-5-12(9-14-3)10-15-13/h5-6,10-11,14H,7-9H2,1-4H3. The molecule has 0 atom stereocenters. The van der Waals surface area contributed by atoms with Gasteiger partial charge < -0.3 is 15.0 Å². The summed E-state index contributed by atoms with van der Waals surface area (Å²) in [4.78, 5) is 6.53. The molecule has 0 bridgehead atoms. The molecule has 0 spiro atoms. The number of rotatable bonds is 7. The van der Waals surface area contributed by atoms with Crippen LogP contribution in [0.2, 0.25) is 0 Å². The highest BCUT2D eigenvalue weighted by Crippen LogP contribution is 2.09. The maximum atomic E-state index is 5.52. The third-order valence-corrected chi connectivity index (χ3v) is 2.46. The molecule has 0 aliphatic heterocycles. The molecule has 17 heavy (non-hydrogen) atoms. The molecule has 1 aromatic rings. The Morgan fingerprint density at radius 2 is 2.18 bits per heavy atom. The van der Waals surface area contributed by atoms with E-state index in [-0.39, 0.29) is 6.10 Å². The SMILES string of the molecule is CNCc1ccc(N(C)CCOC(C)C)nc1. The molecular formula is C13H23N3O. The minimum Gasteiger partial charge on any atom is -0.377 e. The molecule has 0 aliphatic rings. The second kappa shape index (κ2) is 7.25. The van der Waals surface area contributed by atoms with Crippen LogP contribution in [0.25, 0.3) is 0 Å². The minimum absolute atomic E-state index is 0.286. The number of likely N-dealkylation sites (N-methyl/N-ethyl adjacent to an activating group) is 1. The van der Waals surface area contributed by atoms with Crippen LogP contribution in [0.1, 0.15) is 19.4 Å². The Labute approximate surface area is 104 Å². The molecule has 4 nitrogen and oxygen atoms in total. The largest absolute Gasteiger partial charge is 0.377 e. The molecule has 1 N–H and O–H groups in total. The maximum Gasteiger partial charge on any atom is 0.128 e. The first-order chi connectivity index (χ1) is 8.13. The van der Waals surface area contributed by atoms with E-state index < -0.39 is 0 Å². The summed E-state index contributed by atoms with van der Waals surface area (Å²) in [5, 5.41) is 3.11. The Hall–Kier alpha value is -1.13. The molecule has 0 amide bonds. The number of pyridine rings is 1. The summed E-state index contributed by atoms with van der Waals surface area (Å²) in [5.74, 6) is 0.984. The van der Waals surface area contributed by atoms with E-state index >= 15 is 0 Å². The van der Waals surface area contributed by atoms with Crippen molar-refractivity contribution < 1.29 is 4.74 Å². The van der Waals surface area contributed by atoms with Crippen LogP contribution in [-0.2, 0) is 11.3 Å². The second-order valence-electron chi connectivity index (χ2n) is 4.40. The van der Waals surface area contributed by atoms with Crippen molar-refractivity contribution >= 4 is 5.82 Å². The summed E-state index contributed by atoms with van der Waals surface area (Å²) in [6, 6.07) is 4.14. The van der Waals surface area contributed by atoms with Crippen LogP contribution in [0.5, 0.6) is 0 Å². The highest BCUT2D eigenvalue weighted by molar-refractivity contribution is 5.38. The quantitative estimate of drug-likeness (QED) is 0.782. The van der Waals surface area contributed by atoms with Crippen LogP contribution >= 0.6 is 0 Å². The molecule has 0 saturated carbocycles. The van der Waals surface area contributed by atoms with Crippen LogP contribution in [0.4, 0.5) is 5.82 Å². The summed E-state index contributed by atoms with van der Waals surface area (Å²) in [6.45, 7) is 6.54. The van der Waals surface area contributed by atoms with Gasteiger partial charge in [-0.3, -0.25) is 0 Å². The molecular weight excluding hydrogens is 214 g/mol. The summed E-state index contributed by atoms with van der Waals surface area (Å²) < 4.78 is 5.52. The maximum absolute atomic E-state index is 5.52. The second-order valence-corrected chi connectivity index (χ2v) is 4.40. The van der Waals surface area contributed by atoms with Crippen LogP contribution in [0, 0.1) is 0 Å². The van der Waals surface area contributed by atoms with Gasteiger partial charge in [-0.05, 0) is 32.5 Å². The van der Waals surface area contributed by atoms with E-state index in [1.54, 1.807) is 0 Å². The number of nitrogens with zero attached hydrogens (tertiary/aromatic N) is 2. The highest BCUT2D eigenvalue weighted by Gasteiger charge is 2.03. The van der Waals surface area contributed by atoms with Gasteiger partial charge in [0.1, 0.15) is 5.82 Å². The lowest BCUT2D eigenvalue weighted by atomic mass is 10.3. The molecule has 0 aliphatic carbocycles. The van der Waals surface area contributed by atoms with E-state index in [1.807, 2.05) is 40.2 Å². The van der Waals surface area contributed by atoms with E-state index in [9.17, 15) is 0 Å². The van der Waals surface area contributed by atoms with Gasteiger partial charge >= 0.3 is 0 Å². The average Bonchev–Trinajstić information content (AvgIpc) is 2.30. The predicted octanol–water partition coefficient (Wildman–Crippen LogP) is 1.66. The molecule has 1 aromatic heterocycles. The van der Waals surface area contributed by atoms with Crippen molar-refractivity contribution in [1.82, 2.24) is 10.3 Å². The molecule has 0 aromatic carbocycles. The highest BCUT2D eigenvalue weighted by atomic mass is 16.5. The van der Waals surface area contributed by atoms with Crippen LogP contribution < -0.4 is 10.2 Å². The fourth-order valence-electron chi connectivity index (χ4n) is 1.49. The lowest BCUT2D eigenvalue weighted by Gasteiger charge is -2.19. The normalized spacial score (nSPS) is 10.9. The third kappa shape index (κ3) is 5.15. The molecule has 1 rings (SSSR count). The average molecular weight is 237 g/mol. The Morgan fingerprint density at radius 3 is 2.71 bits per heavy atom. The first-order valence-electron chi connectivity index (χ1n) is 6.05. The number of nitrogens with one attached hydrogen (secondary N) is 1. The third-order valence-electron chi connectivity index (χ3n) is 2.46. The first kappa shape index (κ1) is 13.9. The van der Waals surface area contributed by atoms with E-state index in [4.69, 9.17) is 4.74 Å². The predicted molar refractivity (Wildman–Crippen MR) is 71.4 cm³/mol.